The van der Waals surface area contributed by atoms with Crippen LogP contribution in [0.5, 0.6) is 5.75 Å². The van der Waals surface area contributed by atoms with E-state index in [0.717, 1.165) is 16.3 Å². The fraction of sp³-hybridized carbons (Fsp3) is 0. The Labute approximate surface area is 98.3 Å². The number of phenolic OH excluding ortho intramolecular Hbond substituents is 1. The van der Waals surface area contributed by atoms with E-state index in [-0.39, 0.29) is 5.75 Å². The molecule has 0 fully saturated rings. The van der Waals surface area contributed by atoms with Crippen LogP contribution >= 0.6 is 11.6 Å². The number of benzene rings is 2. The Kier molecular flexibility index (Phi) is 1.92. The van der Waals surface area contributed by atoms with E-state index >= 15 is 0 Å². The number of aromatic amines is 1. The fourth-order valence-corrected chi connectivity index (χ4v) is 2.15. The van der Waals surface area contributed by atoms with Gasteiger partial charge in [0, 0.05) is 21.3 Å². The molecule has 2 nitrogen and oxygen atoms in total. The van der Waals surface area contributed by atoms with Gasteiger partial charge in [-0.05, 0) is 24.3 Å². The van der Waals surface area contributed by atoms with Crippen LogP contribution in [-0.4, -0.2) is 17.9 Å². The molecule has 0 aliphatic rings. The number of hydrogen-bond donors (Lipinski definition) is 2. The zero-order valence-electron chi connectivity index (χ0n) is 8.29. The van der Waals surface area contributed by atoms with Gasteiger partial charge in [-0.1, -0.05) is 23.1 Å². The van der Waals surface area contributed by atoms with E-state index in [9.17, 15) is 5.11 Å². The van der Waals surface area contributed by atoms with Crippen LogP contribution in [0.2, 0.25) is 5.02 Å². The Hall–Kier alpha value is -1.61. The molecule has 1 aromatic heterocycles. The van der Waals surface area contributed by atoms with Crippen LogP contribution in [0.15, 0.2) is 30.3 Å². The minimum absolute atomic E-state index is 0.155. The summed E-state index contributed by atoms with van der Waals surface area (Å²) in [4.78, 5) is 3.14. The Balaban J connectivity index is 2.57. The Morgan fingerprint density at radius 2 is 1.94 bits per heavy atom. The summed E-state index contributed by atoms with van der Waals surface area (Å²) in [6.07, 6.45) is 0. The summed E-state index contributed by atoms with van der Waals surface area (Å²) >= 11 is 5.95. The first-order chi connectivity index (χ1) is 7.65. The number of hydrogen-bond acceptors (Lipinski definition) is 1. The van der Waals surface area contributed by atoms with E-state index in [1.807, 2.05) is 18.2 Å². The first-order valence-corrected chi connectivity index (χ1v) is 5.22. The number of phenols is 1. The van der Waals surface area contributed by atoms with E-state index in [1.165, 1.54) is 6.07 Å². The summed E-state index contributed by atoms with van der Waals surface area (Å²) < 4.78 is 0. The van der Waals surface area contributed by atoms with Crippen LogP contribution in [0.4, 0.5) is 0 Å². The molecular formula is C12H7BClNO. The van der Waals surface area contributed by atoms with Gasteiger partial charge in [0.2, 0.25) is 0 Å². The first-order valence-electron chi connectivity index (χ1n) is 4.84. The van der Waals surface area contributed by atoms with Crippen molar-refractivity contribution in [2.75, 3.05) is 0 Å². The topological polar surface area (TPSA) is 36.0 Å². The molecule has 0 saturated heterocycles. The lowest BCUT2D eigenvalue weighted by Crippen LogP contribution is -1.99. The molecule has 2 radical (unpaired) electrons. The van der Waals surface area contributed by atoms with Crippen molar-refractivity contribution >= 4 is 46.7 Å². The predicted molar refractivity (Wildman–Crippen MR) is 67.9 cm³/mol. The molecule has 0 aliphatic heterocycles. The lowest BCUT2D eigenvalue weighted by molar-refractivity contribution is 0.481. The van der Waals surface area contributed by atoms with Gasteiger partial charge in [-0.25, -0.2) is 0 Å². The molecule has 0 amide bonds. The third kappa shape index (κ3) is 1.28. The third-order valence-corrected chi connectivity index (χ3v) is 2.91. The second-order valence-corrected chi connectivity index (χ2v) is 4.21. The Morgan fingerprint density at radius 1 is 1.12 bits per heavy atom. The van der Waals surface area contributed by atoms with Gasteiger partial charge in [-0.2, -0.15) is 0 Å². The third-order valence-electron chi connectivity index (χ3n) is 2.67. The van der Waals surface area contributed by atoms with Gasteiger partial charge in [0.05, 0.1) is 5.52 Å². The molecule has 2 aromatic carbocycles. The van der Waals surface area contributed by atoms with Crippen molar-refractivity contribution in [2.45, 2.75) is 0 Å². The lowest BCUT2D eigenvalue weighted by atomic mass is 9.94. The number of halogens is 1. The van der Waals surface area contributed by atoms with Crippen molar-refractivity contribution in [3.05, 3.63) is 35.4 Å². The van der Waals surface area contributed by atoms with Gasteiger partial charge < -0.3 is 10.1 Å². The van der Waals surface area contributed by atoms with Gasteiger partial charge in [-0.3, -0.25) is 0 Å². The average molecular weight is 227 g/mol. The molecule has 3 aromatic rings. The number of rotatable bonds is 0. The lowest BCUT2D eigenvalue weighted by Gasteiger charge is -1.98. The SMILES string of the molecule is [B]c1cc(O)c2[nH]c3ccc(Cl)cc3c2c1. The zero-order valence-corrected chi connectivity index (χ0v) is 9.05. The molecule has 0 aliphatic carbocycles. The van der Waals surface area contributed by atoms with Crippen molar-refractivity contribution in [1.29, 1.82) is 0 Å². The maximum atomic E-state index is 9.78. The minimum Gasteiger partial charge on any atom is -0.506 e. The predicted octanol–water partition coefficient (Wildman–Crippen LogP) is 2.47. The molecule has 0 unspecified atom stereocenters. The van der Waals surface area contributed by atoms with E-state index in [1.54, 1.807) is 6.07 Å². The number of aromatic hydroxyl groups is 1. The van der Waals surface area contributed by atoms with Gasteiger partial charge >= 0.3 is 0 Å². The molecule has 2 N–H and O–H groups in total. The summed E-state index contributed by atoms with van der Waals surface area (Å²) in [5.41, 5.74) is 2.15. The van der Waals surface area contributed by atoms with Crippen molar-refractivity contribution in [2.24, 2.45) is 0 Å². The summed E-state index contributed by atoms with van der Waals surface area (Å²) in [6, 6.07) is 8.89. The number of fused-ring (bicyclic) bond motifs is 3. The number of H-pyrrole nitrogens is 1. The molecule has 76 valence electrons. The molecule has 4 heteroatoms. The van der Waals surface area contributed by atoms with Gasteiger partial charge in [0.1, 0.15) is 13.6 Å². The largest absolute Gasteiger partial charge is 0.506 e. The maximum absolute atomic E-state index is 9.78. The highest BCUT2D eigenvalue weighted by molar-refractivity contribution is 6.35. The Bertz CT molecular complexity index is 705. The van der Waals surface area contributed by atoms with Crippen LogP contribution in [0, 0.1) is 0 Å². The van der Waals surface area contributed by atoms with Gasteiger partial charge in [0.25, 0.3) is 0 Å². The highest BCUT2D eigenvalue weighted by atomic mass is 35.5. The smallest absolute Gasteiger partial charge is 0.139 e. The molecule has 0 atom stereocenters. The molecular weight excluding hydrogens is 220 g/mol. The minimum atomic E-state index is 0.155. The van der Waals surface area contributed by atoms with Crippen LogP contribution in [0.3, 0.4) is 0 Å². The molecule has 1 heterocycles. The summed E-state index contributed by atoms with van der Waals surface area (Å²) in [5.74, 6) is 0.155. The summed E-state index contributed by atoms with van der Waals surface area (Å²) in [6.45, 7) is 0. The fourth-order valence-electron chi connectivity index (χ4n) is 1.98. The van der Waals surface area contributed by atoms with Crippen molar-refractivity contribution in [3.63, 3.8) is 0 Å². The Morgan fingerprint density at radius 3 is 2.75 bits per heavy atom. The highest BCUT2D eigenvalue weighted by Crippen LogP contribution is 2.31. The standard InChI is InChI=1S/C12H7BClNO/c13-6-3-9-8-5-7(14)1-2-10(8)15-12(9)11(16)4-6/h1-5,15-16H. The molecule has 0 spiro atoms. The van der Waals surface area contributed by atoms with Crippen LogP contribution in [0.1, 0.15) is 0 Å². The summed E-state index contributed by atoms with van der Waals surface area (Å²) in [7, 11) is 5.71. The van der Waals surface area contributed by atoms with E-state index in [2.05, 4.69) is 4.98 Å². The van der Waals surface area contributed by atoms with Gasteiger partial charge in [-0.15, -0.1) is 0 Å². The molecule has 0 bridgehead atoms. The first kappa shape index (κ1) is 9.61. The molecule has 0 saturated carbocycles. The van der Waals surface area contributed by atoms with Crippen molar-refractivity contribution < 1.29 is 5.11 Å². The van der Waals surface area contributed by atoms with Crippen LogP contribution < -0.4 is 5.46 Å². The monoisotopic (exact) mass is 227 g/mol. The quantitative estimate of drug-likeness (QED) is 0.569. The second kappa shape index (κ2) is 3.19. The summed E-state index contributed by atoms with van der Waals surface area (Å²) in [5, 5.41) is 12.3. The number of nitrogens with one attached hydrogen (secondary N) is 1. The van der Waals surface area contributed by atoms with E-state index in [4.69, 9.17) is 19.4 Å². The molecule has 3 rings (SSSR count). The second-order valence-electron chi connectivity index (χ2n) is 3.78. The van der Waals surface area contributed by atoms with Crippen LogP contribution in [0.25, 0.3) is 21.8 Å². The average Bonchev–Trinajstić information content (AvgIpc) is 2.57. The zero-order chi connectivity index (χ0) is 11.3. The normalized spacial score (nSPS) is 11.3. The molecule has 16 heavy (non-hydrogen) atoms. The van der Waals surface area contributed by atoms with E-state index < -0.39 is 0 Å². The number of aromatic nitrogens is 1. The van der Waals surface area contributed by atoms with Crippen molar-refractivity contribution in [3.8, 4) is 5.75 Å². The maximum Gasteiger partial charge on any atom is 0.139 e. The van der Waals surface area contributed by atoms with Gasteiger partial charge in [0.15, 0.2) is 0 Å². The highest BCUT2D eigenvalue weighted by Gasteiger charge is 2.08. The van der Waals surface area contributed by atoms with E-state index in [0.29, 0.717) is 16.0 Å². The van der Waals surface area contributed by atoms with Crippen LogP contribution in [-0.2, 0) is 0 Å². The van der Waals surface area contributed by atoms with Crippen molar-refractivity contribution in [1.82, 2.24) is 4.98 Å².